The molecule has 0 radical (unpaired) electrons. The Balaban J connectivity index is 2.75. The molecule has 0 amide bonds. The van der Waals surface area contributed by atoms with Gasteiger partial charge in [0.15, 0.2) is 0 Å². The largest absolute Gasteiger partial charge is 0.494 e. The Morgan fingerprint density at radius 3 is 2.47 bits per heavy atom. The van der Waals surface area contributed by atoms with Crippen molar-refractivity contribution in [3.8, 4) is 11.6 Å². The highest BCUT2D eigenvalue weighted by atomic mass is 16.3. The molecule has 0 atom stereocenters. The van der Waals surface area contributed by atoms with Gasteiger partial charge in [0.1, 0.15) is 0 Å². The lowest BCUT2D eigenvalue weighted by molar-refractivity contribution is 0.428. The lowest BCUT2D eigenvalue weighted by Crippen LogP contribution is -2.19. The molecule has 0 spiro atoms. The molecule has 0 aliphatic carbocycles. The van der Waals surface area contributed by atoms with Gasteiger partial charge in [0, 0.05) is 11.6 Å². The molecule has 1 aromatic heterocycles. The predicted molar refractivity (Wildman–Crippen MR) is 67.8 cm³/mol. The highest BCUT2D eigenvalue weighted by Crippen LogP contribution is 2.22. The van der Waals surface area contributed by atoms with E-state index in [1.165, 1.54) is 4.57 Å². The van der Waals surface area contributed by atoms with E-state index in [1.54, 1.807) is 18.2 Å². The lowest BCUT2D eigenvalue weighted by Gasteiger charge is -2.13. The van der Waals surface area contributed by atoms with Gasteiger partial charge >= 0.3 is 0 Å². The number of benzene rings is 1. The summed E-state index contributed by atoms with van der Waals surface area (Å²) in [6.07, 6.45) is 0.699. The monoisotopic (exact) mass is 229 g/mol. The molecule has 17 heavy (non-hydrogen) atoms. The number of para-hydroxylation sites is 1. The second kappa shape index (κ2) is 4.45. The first-order valence-corrected chi connectivity index (χ1v) is 5.65. The zero-order valence-corrected chi connectivity index (χ0v) is 9.97. The van der Waals surface area contributed by atoms with E-state index in [1.807, 2.05) is 32.0 Å². The number of aromatic hydroxyl groups is 1. The van der Waals surface area contributed by atoms with Crippen molar-refractivity contribution in [2.24, 2.45) is 0 Å². The van der Waals surface area contributed by atoms with Crippen LogP contribution in [0.2, 0.25) is 0 Å². The third-order valence-electron chi connectivity index (χ3n) is 2.89. The Bertz CT molecular complexity index is 585. The van der Waals surface area contributed by atoms with Crippen LogP contribution >= 0.6 is 0 Å². The van der Waals surface area contributed by atoms with Crippen LogP contribution in [-0.4, -0.2) is 9.67 Å². The van der Waals surface area contributed by atoms with Crippen molar-refractivity contribution in [3.05, 3.63) is 57.9 Å². The van der Waals surface area contributed by atoms with Crippen molar-refractivity contribution >= 4 is 0 Å². The van der Waals surface area contributed by atoms with Gasteiger partial charge in [-0.3, -0.25) is 4.79 Å². The summed E-state index contributed by atoms with van der Waals surface area (Å²) in [5.41, 5.74) is 2.13. The number of aryl methyl sites for hydroxylation is 1. The number of hydrogen-bond donors (Lipinski definition) is 1. The molecule has 1 heterocycles. The molecule has 0 bridgehead atoms. The normalized spacial score (nSPS) is 10.5. The fourth-order valence-electron chi connectivity index (χ4n) is 2.02. The Hall–Kier alpha value is -2.03. The molecule has 0 aliphatic rings. The summed E-state index contributed by atoms with van der Waals surface area (Å²) in [7, 11) is 0. The van der Waals surface area contributed by atoms with E-state index >= 15 is 0 Å². The summed E-state index contributed by atoms with van der Waals surface area (Å²) in [6, 6.07) is 10.7. The van der Waals surface area contributed by atoms with E-state index in [0.717, 1.165) is 11.1 Å². The van der Waals surface area contributed by atoms with Gasteiger partial charge in [0.25, 0.3) is 5.56 Å². The summed E-state index contributed by atoms with van der Waals surface area (Å²) < 4.78 is 1.34. The standard InChI is InChI=1S/C14H15NO2/c1-3-12-10(2)9-13(16)15(14(12)17)11-7-5-4-6-8-11/h4-9,17H,3H2,1-2H3. The van der Waals surface area contributed by atoms with E-state index < -0.39 is 0 Å². The van der Waals surface area contributed by atoms with Crippen molar-refractivity contribution in [1.82, 2.24) is 4.57 Å². The van der Waals surface area contributed by atoms with Crippen molar-refractivity contribution in [2.75, 3.05) is 0 Å². The van der Waals surface area contributed by atoms with Gasteiger partial charge in [-0.1, -0.05) is 25.1 Å². The van der Waals surface area contributed by atoms with Crippen LogP contribution in [0.25, 0.3) is 5.69 Å². The van der Waals surface area contributed by atoms with Crippen LogP contribution in [0.5, 0.6) is 5.88 Å². The predicted octanol–water partition coefficient (Wildman–Crippen LogP) is 2.41. The molecule has 88 valence electrons. The molecule has 0 saturated heterocycles. The van der Waals surface area contributed by atoms with Crippen LogP contribution < -0.4 is 5.56 Å². The topological polar surface area (TPSA) is 42.2 Å². The minimum Gasteiger partial charge on any atom is -0.494 e. The first kappa shape index (κ1) is 11.5. The SMILES string of the molecule is CCc1c(C)cc(=O)n(-c2ccccc2)c1O. The molecule has 2 rings (SSSR count). The second-order valence-electron chi connectivity index (χ2n) is 3.99. The summed E-state index contributed by atoms with van der Waals surface area (Å²) >= 11 is 0. The Morgan fingerprint density at radius 1 is 1.24 bits per heavy atom. The smallest absolute Gasteiger partial charge is 0.258 e. The molecule has 0 saturated carbocycles. The van der Waals surface area contributed by atoms with Gasteiger partial charge in [-0.25, -0.2) is 4.57 Å². The third kappa shape index (κ3) is 1.96. The van der Waals surface area contributed by atoms with Crippen molar-refractivity contribution < 1.29 is 5.11 Å². The van der Waals surface area contributed by atoms with Crippen LogP contribution in [0.4, 0.5) is 0 Å². The summed E-state index contributed by atoms with van der Waals surface area (Å²) in [4.78, 5) is 11.9. The van der Waals surface area contributed by atoms with Gasteiger partial charge in [0.2, 0.25) is 5.88 Å². The number of nitrogens with zero attached hydrogens (tertiary/aromatic N) is 1. The van der Waals surface area contributed by atoms with Gasteiger partial charge in [-0.15, -0.1) is 0 Å². The Labute approximate surface area is 100.0 Å². The first-order valence-electron chi connectivity index (χ1n) is 5.65. The molecule has 0 unspecified atom stereocenters. The van der Waals surface area contributed by atoms with Gasteiger partial charge < -0.3 is 5.11 Å². The molecule has 0 aliphatic heterocycles. The van der Waals surface area contributed by atoms with Crippen molar-refractivity contribution in [1.29, 1.82) is 0 Å². The van der Waals surface area contributed by atoms with Crippen molar-refractivity contribution in [3.63, 3.8) is 0 Å². The molecular formula is C14H15NO2. The van der Waals surface area contributed by atoms with Gasteiger partial charge in [0.05, 0.1) is 5.69 Å². The van der Waals surface area contributed by atoms with Crippen LogP contribution in [0.1, 0.15) is 18.1 Å². The van der Waals surface area contributed by atoms with E-state index in [4.69, 9.17) is 0 Å². The maximum absolute atomic E-state index is 11.9. The minimum atomic E-state index is -0.205. The number of rotatable bonds is 2. The van der Waals surface area contributed by atoms with Gasteiger partial charge in [-0.2, -0.15) is 0 Å². The fourth-order valence-corrected chi connectivity index (χ4v) is 2.02. The minimum absolute atomic E-state index is 0.0451. The zero-order chi connectivity index (χ0) is 12.4. The number of hydrogen-bond acceptors (Lipinski definition) is 2. The van der Waals surface area contributed by atoms with E-state index in [0.29, 0.717) is 12.1 Å². The lowest BCUT2D eigenvalue weighted by atomic mass is 10.1. The van der Waals surface area contributed by atoms with Crippen LogP contribution in [0.3, 0.4) is 0 Å². The Morgan fingerprint density at radius 2 is 1.88 bits per heavy atom. The van der Waals surface area contributed by atoms with Gasteiger partial charge in [-0.05, 0) is 31.0 Å². The van der Waals surface area contributed by atoms with E-state index in [-0.39, 0.29) is 11.4 Å². The molecular weight excluding hydrogens is 214 g/mol. The highest BCUT2D eigenvalue weighted by molar-refractivity contribution is 5.42. The quantitative estimate of drug-likeness (QED) is 0.859. The summed E-state index contributed by atoms with van der Waals surface area (Å²) in [5.74, 6) is 0.0451. The second-order valence-corrected chi connectivity index (χ2v) is 3.99. The van der Waals surface area contributed by atoms with Crippen LogP contribution in [0, 0.1) is 6.92 Å². The summed E-state index contributed by atoms with van der Waals surface area (Å²) in [6.45, 7) is 3.80. The average molecular weight is 229 g/mol. The van der Waals surface area contributed by atoms with Crippen LogP contribution in [-0.2, 0) is 6.42 Å². The molecule has 1 aromatic carbocycles. The van der Waals surface area contributed by atoms with E-state index in [9.17, 15) is 9.90 Å². The maximum atomic E-state index is 11.9. The highest BCUT2D eigenvalue weighted by Gasteiger charge is 2.12. The molecule has 3 nitrogen and oxygen atoms in total. The fraction of sp³-hybridized carbons (Fsp3) is 0.214. The summed E-state index contributed by atoms with van der Waals surface area (Å²) in [5, 5.41) is 10.2. The van der Waals surface area contributed by atoms with E-state index in [2.05, 4.69) is 0 Å². The number of pyridine rings is 1. The first-order chi connectivity index (χ1) is 8.15. The molecule has 3 heteroatoms. The van der Waals surface area contributed by atoms with Crippen molar-refractivity contribution in [2.45, 2.75) is 20.3 Å². The van der Waals surface area contributed by atoms with Crippen LogP contribution in [0.15, 0.2) is 41.2 Å². The average Bonchev–Trinajstić information content (AvgIpc) is 2.30. The molecule has 0 fully saturated rings. The maximum Gasteiger partial charge on any atom is 0.258 e. The third-order valence-corrected chi connectivity index (χ3v) is 2.89. The zero-order valence-electron chi connectivity index (χ0n) is 9.97. The Kier molecular flexibility index (Phi) is 3.00. The molecule has 1 N–H and O–H groups in total. The molecule has 2 aromatic rings. The number of aromatic nitrogens is 1.